The van der Waals surface area contributed by atoms with Gasteiger partial charge in [0.2, 0.25) is 5.91 Å². The van der Waals surface area contributed by atoms with Crippen molar-refractivity contribution >= 4 is 11.8 Å². The van der Waals surface area contributed by atoms with E-state index in [0.717, 1.165) is 12.1 Å². The number of rotatable bonds is 10. The van der Waals surface area contributed by atoms with E-state index in [9.17, 15) is 22.8 Å². The maximum absolute atomic E-state index is 12.7. The number of benzene rings is 2. The van der Waals surface area contributed by atoms with Crippen LogP contribution in [-0.2, 0) is 11.2 Å². The van der Waals surface area contributed by atoms with E-state index in [1.54, 1.807) is 37.3 Å². The van der Waals surface area contributed by atoms with Crippen LogP contribution in [0.25, 0.3) is 0 Å². The van der Waals surface area contributed by atoms with Crippen LogP contribution in [0.2, 0.25) is 0 Å². The van der Waals surface area contributed by atoms with E-state index in [4.69, 9.17) is 9.84 Å². The third-order valence-corrected chi connectivity index (χ3v) is 4.43. The fourth-order valence-electron chi connectivity index (χ4n) is 2.74. The number of ether oxygens (including phenoxy) is 2. The first-order chi connectivity index (χ1) is 15.6. The number of amides is 2. The predicted octanol–water partition coefficient (Wildman–Crippen LogP) is 3.34. The molecular formula is C23H25F3N2O5. The standard InChI is InChI=1S/C23H25F3N2O5/c1-3-15(2)32-18-10-6-17(7-11-18)21(30)28-20(22(31)27-12-13-29)14-16-4-8-19(9-5-16)33-23(24,25)26/h3-11,20,29H,12-14H2,1-2H3,(H,27,31)(H,28,30)/b15-3-. The summed E-state index contributed by atoms with van der Waals surface area (Å²) in [6.45, 7) is 3.32. The van der Waals surface area contributed by atoms with E-state index >= 15 is 0 Å². The van der Waals surface area contributed by atoms with E-state index in [-0.39, 0.29) is 25.1 Å². The van der Waals surface area contributed by atoms with Gasteiger partial charge in [0.25, 0.3) is 5.91 Å². The van der Waals surface area contributed by atoms with Gasteiger partial charge in [-0.25, -0.2) is 0 Å². The van der Waals surface area contributed by atoms with Gasteiger partial charge in [0.1, 0.15) is 17.5 Å². The molecule has 2 aromatic carbocycles. The second-order valence-corrected chi connectivity index (χ2v) is 6.96. The first kappa shape index (κ1) is 25.7. The van der Waals surface area contributed by atoms with Crippen molar-refractivity contribution < 1.29 is 37.3 Å². The number of alkyl halides is 3. The highest BCUT2D eigenvalue weighted by atomic mass is 19.4. The Bertz CT molecular complexity index is 958. The summed E-state index contributed by atoms with van der Waals surface area (Å²) in [5.74, 6) is -0.228. The van der Waals surface area contributed by atoms with Crippen molar-refractivity contribution in [3.63, 3.8) is 0 Å². The third kappa shape index (κ3) is 8.85. The molecule has 0 aromatic heterocycles. The van der Waals surface area contributed by atoms with Crippen molar-refractivity contribution in [2.75, 3.05) is 13.2 Å². The fourth-order valence-corrected chi connectivity index (χ4v) is 2.74. The second kappa shape index (κ2) is 11.9. The van der Waals surface area contributed by atoms with Gasteiger partial charge in [0.15, 0.2) is 0 Å². The average Bonchev–Trinajstić information content (AvgIpc) is 2.77. The Kier molecular flexibility index (Phi) is 9.29. The molecule has 1 unspecified atom stereocenters. The van der Waals surface area contributed by atoms with Gasteiger partial charge in [-0.15, -0.1) is 13.2 Å². The molecule has 3 N–H and O–H groups in total. The lowest BCUT2D eigenvalue weighted by molar-refractivity contribution is -0.274. The number of nitrogens with one attached hydrogen (secondary N) is 2. The molecule has 2 aromatic rings. The number of carbonyl (C=O) groups excluding carboxylic acids is 2. The SMILES string of the molecule is C/C=C(/C)Oc1ccc(C(=O)NC(Cc2ccc(OC(F)(F)F)cc2)C(=O)NCCO)cc1. The highest BCUT2D eigenvalue weighted by Crippen LogP contribution is 2.23. The monoisotopic (exact) mass is 466 g/mol. The van der Waals surface area contributed by atoms with E-state index in [1.807, 2.05) is 6.92 Å². The van der Waals surface area contributed by atoms with E-state index in [1.165, 1.54) is 12.1 Å². The van der Waals surface area contributed by atoms with Gasteiger partial charge in [0, 0.05) is 18.5 Å². The summed E-state index contributed by atoms with van der Waals surface area (Å²) < 4.78 is 46.4. The zero-order valence-corrected chi connectivity index (χ0v) is 18.1. The van der Waals surface area contributed by atoms with E-state index in [0.29, 0.717) is 17.1 Å². The fraction of sp³-hybridized carbons (Fsp3) is 0.304. The average molecular weight is 466 g/mol. The van der Waals surface area contributed by atoms with Gasteiger partial charge in [0.05, 0.1) is 12.4 Å². The molecule has 0 aliphatic carbocycles. The number of hydrogen-bond donors (Lipinski definition) is 3. The van der Waals surface area contributed by atoms with Gasteiger partial charge in [-0.3, -0.25) is 9.59 Å². The lowest BCUT2D eigenvalue weighted by atomic mass is 10.0. The normalized spacial score (nSPS) is 12.6. The maximum atomic E-state index is 12.7. The summed E-state index contributed by atoms with van der Waals surface area (Å²) in [5.41, 5.74) is 0.786. The number of carbonyl (C=O) groups is 2. The molecule has 10 heteroatoms. The molecule has 0 fully saturated rings. The van der Waals surface area contributed by atoms with Crippen LogP contribution in [0.1, 0.15) is 29.8 Å². The summed E-state index contributed by atoms with van der Waals surface area (Å²) in [7, 11) is 0. The Morgan fingerprint density at radius 1 is 1.06 bits per heavy atom. The van der Waals surface area contributed by atoms with Crippen molar-refractivity contribution in [3.05, 3.63) is 71.5 Å². The minimum absolute atomic E-state index is 0.0109. The molecule has 0 radical (unpaired) electrons. The molecule has 1 atom stereocenters. The third-order valence-electron chi connectivity index (χ3n) is 4.43. The van der Waals surface area contributed by atoms with Crippen LogP contribution >= 0.6 is 0 Å². The highest BCUT2D eigenvalue weighted by molar-refractivity contribution is 5.97. The van der Waals surface area contributed by atoms with Gasteiger partial charge >= 0.3 is 6.36 Å². The van der Waals surface area contributed by atoms with E-state index in [2.05, 4.69) is 15.4 Å². The zero-order chi connectivity index (χ0) is 24.4. The highest BCUT2D eigenvalue weighted by Gasteiger charge is 2.31. The van der Waals surface area contributed by atoms with Crippen molar-refractivity contribution in [2.45, 2.75) is 32.7 Å². The van der Waals surface area contributed by atoms with Gasteiger partial charge in [-0.1, -0.05) is 12.1 Å². The Morgan fingerprint density at radius 2 is 1.67 bits per heavy atom. The van der Waals surface area contributed by atoms with Gasteiger partial charge < -0.3 is 25.2 Å². The van der Waals surface area contributed by atoms with Crippen LogP contribution in [0, 0.1) is 0 Å². The van der Waals surface area contributed by atoms with Gasteiger partial charge in [-0.2, -0.15) is 0 Å². The minimum Gasteiger partial charge on any atom is -0.462 e. The van der Waals surface area contributed by atoms with Crippen molar-refractivity contribution in [2.24, 2.45) is 0 Å². The lowest BCUT2D eigenvalue weighted by Gasteiger charge is -2.19. The van der Waals surface area contributed by atoms with Crippen molar-refractivity contribution in [1.82, 2.24) is 10.6 Å². The molecule has 0 spiro atoms. The number of aliphatic hydroxyl groups excluding tert-OH is 1. The number of hydrogen-bond acceptors (Lipinski definition) is 5. The smallest absolute Gasteiger partial charge is 0.462 e. The molecular weight excluding hydrogens is 441 g/mol. The van der Waals surface area contributed by atoms with Crippen LogP contribution in [0.5, 0.6) is 11.5 Å². The van der Waals surface area contributed by atoms with Crippen molar-refractivity contribution in [1.29, 1.82) is 0 Å². The topological polar surface area (TPSA) is 96.9 Å². The Balaban J connectivity index is 2.11. The molecule has 2 rings (SSSR count). The van der Waals surface area contributed by atoms with Crippen LogP contribution in [0.3, 0.4) is 0 Å². The molecule has 33 heavy (non-hydrogen) atoms. The Hall–Kier alpha value is -3.53. The summed E-state index contributed by atoms with van der Waals surface area (Å²) in [6.07, 6.45) is -3.01. The van der Waals surface area contributed by atoms with Gasteiger partial charge in [-0.05, 0) is 61.9 Å². The number of allylic oxidation sites excluding steroid dienone is 2. The molecule has 178 valence electrons. The zero-order valence-electron chi connectivity index (χ0n) is 18.1. The van der Waals surface area contributed by atoms with Crippen LogP contribution in [0.4, 0.5) is 13.2 Å². The first-order valence-corrected chi connectivity index (χ1v) is 10.1. The number of aliphatic hydroxyl groups is 1. The molecule has 0 aliphatic heterocycles. The Morgan fingerprint density at radius 3 is 2.21 bits per heavy atom. The van der Waals surface area contributed by atoms with Crippen LogP contribution in [0.15, 0.2) is 60.4 Å². The predicted molar refractivity (Wildman–Crippen MR) is 115 cm³/mol. The first-order valence-electron chi connectivity index (χ1n) is 10.1. The van der Waals surface area contributed by atoms with E-state index < -0.39 is 30.0 Å². The largest absolute Gasteiger partial charge is 0.573 e. The molecule has 2 amide bonds. The minimum atomic E-state index is -4.81. The Labute approximate surface area is 189 Å². The summed E-state index contributed by atoms with van der Waals surface area (Å²) in [5, 5.41) is 14.1. The second-order valence-electron chi connectivity index (χ2n) is 6.96. The molecule has 0 heterocycles. The summed E-state index contributed by atoms with van der Waals surface area (Å²) in [6, 6.07) is 10.3. The molecule has 0 aliphatic rings. The lowest BCUT2D eigenvalue weighted by Crippen LogP contribution is -2.48. The molecule has 0 bridgehead atoms. The summed E-state index contributed by atoms with van der Waals surface area (Å²) >= 11 is 0. The quantitative estimate of drug-likeness (QED) is 0.467. The summed E-state index contributed by atoms with van der Waals surface area (Å²) in [4.78, 5) is 25.2. The van der Waals surface area contributed by atoms with Crippen LogP contribution in [-0.4, -0.2) is 42.5 Å². The molecule has 7 nitrogen and oxygen atoms in total. The van der Waals surface area contributed by atoms with Crippen LogP contribution < -0.4 is 20.1 Å². The number of halogens is 3. The van der Waals surface area contributed by atoms with Crippen molar-refractivity contribution in [3.8, 4) is 11.5 Å². The molecule has 0 saturated carbocycles. The maximum Gasteiger partial charge on any atom is 0.573 e. The molecule has 0 saturated heterocycles.